The lowest BCUT2D eigenvalue weighted by Gasteiger charge is -2.31. The number of thiophene rings is 1. The van der Waals surface area contributed by atoms with Gasteiger partial charge in [0, 0.05) is 10.4 Å². The average molecular weight is 372 g/mol. The summed E-state index contributed by atoms with van der Waals surface area (Å²) >= 11 is 5.58. The van der Waals surface area contributed by atoms with Gasteiger partial charge >= 0.3 is 0 Å². The first-order chi connectivity index (χ1) is 9.80. The first-order valence-corrected chi connectivity index (χ1v) is 9.91. The van der Waals surface area contributed by atoms with Gasteiger partial charge in [0.1, 0.15) is 0 Å². The highest BCUT2D eigenvalue weighted by atomic mass is 79.9. The number of hydrogen-bond donors (Lipinski definition) is 1. The molecule has 1 heterocycles. The fraction of sp³-hybridized carbons (Fsp3) is 0.778. The quantitative estimate of drug-likeness (QED) is 0.637. The van der Waals surface area contributed by atoms with Crippen LogP contribution in [-0.4, -0.2) is 12.1 Å². The van der Waals surface area contributed by atoms with Crippen LogP contribution in [0.3, 0.4) is 0 Å². The molecule has 0 atom stereocenters. The Morgan fingerprint density at radius 3 is 2.43 bits per heavy atom. The van der Waals surface area contributed by atoms with Crippen molar-refractivity contribution in [2.75, 3.05) is 6.54 Å². The Morgan fingerprint density at radius 2 is 1.90 bits per heavy atom. The van der Waals surface area contributed by atoms with E-state index < -0.39 is 0 Å². The summed E-state index contributed by atoms with van der Waals surface area (Å²) in [5.74, 6) is 0. The largest absolute Gasteiger partial charge is 0.312 e. The zero-order valence-corrected chi connectivity index (χ0v) is 16.4. The van der Waals surface area contributed by atoms with Crippen LogP contribution in [0, 0.1) is 12.3 Å². The summed E-state index contributed by atoms with van der Waals surface area (Å²) in [6, 6.07) is 2.37. The fourth-order valence-corrected chi connectivity index (χ4v) is 5.12. The SMILES string of the molecule is Cc1cc(CCC2(CCNC(C)(C)C)CCCC2)sc1Br. The molecule has 0 aromatic carbocycles. The Hall–Kier alpha value is 0.140. The van der Waals surface area contributed by atoms with E-state index in [0.29, 0.717) is 5.41 Å². The first kappa shape index (κ1) is 17.5. The van der Waals surface area contributed by atoms with Crippen LogP contribution in [0.15, 0.2) is 9.85 Å². The molecular formula is C18H30BrNS. The standard InChI is InChI=1S/C18H30BrNS/c1-14-13-15(21-16(14)19)7-10-18(8-5-6-9-18)11-12-20-17(2,3)4/h13,20H,5-12H2,1-4H3. The molecular weight excluding hydrogens is 342 g/mol. The molecule has 1 fully saturated rings. The zero-order chi connectivity index (χ0) is 15.5. The van der Waals surface area contributed by atoms with E-state index in [2.05, 4.69) is 55.0 Å². The lowest BCUT2D eigenvalue weighted by atomic mass is 9.78. The van der Waals surface area contributed by atoms with Crippen molar-refractivity contribution in [3.63, 3.8) is 0 Å². The summed E-state index contributed by atoms with van der Waals surface area (Å²) in [6.45, 7) is 10.2. The van der Waals surface area contributed by atoms with Gasteiger partial charge in [-0.3, -0.25) is 0 Å². The predicted octanol–water partition coefficient (Wildman–Crippen LogP) is 6.09. The number of aryl methyl sites for hydroxylation is 2. The van der Waals surface area contributed by atoms with Crippen molar-refractivity contribution in [3.8, 4) is 0 Å². The summed E-state index contributed by atoms with van der Waals surface area (Å²) in [7, 11) is 0. The Balaban J connectivity index is 1.89. The van der Waals surface area contributed by atoms with Gasteiger partial charge in [-0.25, -0.2) is 0 Å². The van der Waals surface area contributed by atoms with Gasteiger partial charge in [0.05, 0.1) is 3.79 Å². The van der Waals surface area contributed by atoms with Gasteiger partial charge in [-0.15, -0.1) is 11.3 Å². The minimum absolute atomic E-state index is 0.246. The Kier molecular flexibility index (Phi) is 5.95. The summed E-state index contributed by atoms with van der Waals surface area (Å²) in [4.78, 5) is 1.55. The Bertz CT molecular complexity index is 433. The third-order valence-electron chi connectivity index (χ3n) is 4.78. The van der Waals surface area contributed by atoms with Gasteiger partial charge < -0.3 is 5.32 Å². The van der Waals surface area contributed by atoms with Gasteiger partial charge in [-0.05, 0) is 99.3 Å². The lowest BCUT2D eigenvalue weighted by molar-refractivity contribution is 0.235. The molecule has 0 unspecified atom stereocenters. The lowest BCUT2D eigenvalue weighted by Crippen LogP contribution is -2.38. The third-order valence-corrected chi connectivity index (χ3v) is 6.98. The minimum Gasteiger partial charge on any atom is -0.312 e. The second-order valence-electron chi connectivity index (χ2n) is 7.80. The third kappa shape index (κ3) is 5.37. The molecule has 0 aliphatic heterocycles. The molecule has 21 heavy (non-hydrogen) atoms. The number of rotatable bonds is 6. The van der Waals surface area contributed by atoms with E-state index in [0.717, 1.165) is 6.54 Å². The van der Waals surface area contributed by atoms with Crippen LogP contribution in [0.2, 0.25) is 0 Å². The van der Waals surface area contributed by atoms with Crippen LogP contribution < -0.4 is 5.32 Å². The van der Waals surface area contributed by atoms with Crippen molar-refractivity contribution in [2.24, 2.45) is 5.41 Å². The molecule has 1 aliphatic rings. The van der Waals surface area contributed by atoms with E-state index in [1.165, 1.54) is 54.3 Å². The number of halogens is 1. The fourth-order valence-electron chi connectivity index (χ4n) is 3.49. The van der Waals surface area contributed by atoms with Gasteiger partial charge in [-0.2, -0.15) is 0 Å². The molecule has 0 saturated heterocycles. The zero-order valence-electron chi connectivity index (χ0n) is 14.0. The number of hydrogen-bond acceptors (Lipinski definition) is 2. The monoisotopic (exact) mass is 371 g/mol. The molecule has 2 rings (SSSR count). The molecule has 0 radical (unpaired) electrons. The number of nitrogens with one attached hydrogen (secondary N) is 1. The molecule has 3 heteroatoms. The smallest absolute Gasteiger partial charge is 0.0730 e. The molecule has 1 aliphatic carbocycles. The molecule has 1 aromatic rings. The molecule has 1 nitrogen and oxygen atoms in total. The van der Waals surface area contributed by atoms with Crippen LogP contribution in [0.4, 0.5) is 0 Å². The Labute approximate surface area is 143 Å². The van der Waals surface area contributed by atoms with E-state index in [4.69, 9.17) is 0 Å². The Morgan fingerprint density at radius 1 is 1.24 bits per heavy atom. The summed E-state index contributed by atoms with van der Waals surface area (Å²) in [6.07, 6.45) is 9.70. The van der Waals surface area contributed by atoms with E-state index in [1.54, 1.807) is 4.88 Å². The van der Waals surface area contributed by atoms with Gasteiger partial charge in [0.15, 0.2) is 0 Å². The molecule has 1 saturated carbocycles. The molecule has 0 amide bonds. The minimum atomic E-state index is 0.246. The van der Waals surface area contributed by atoms with Crippen molar-refractivity contribution in [2.45, 2.75) is 78.2 Å². The molecule has 1 N–H and O–H groups in total. The van der Waals surface area contributed by atoms with Crippen LogP contribution in [0.1, 0.15) is 69.7 Å². The molecule has 0 bridgehead atoms. The van der Waals surface area contributed by atoms with Gasteiger partial charge in [0.25, 0.3) is 0 Å². The highest BCUT2D eigenvalue weighted by Crippen LogP contribution is 2.45. The molecule has 1 aromatic heterocycles. The van der Waals surface area contributed by atoms with Gasteiger partial charge in [0.2, 0.25) is 0 Å². The normalized spacial score (nSPS) is 18.3. The highest BCUT2D eigenvalue weighted by Gasteiger charge is 2.33. The van der Waals surface area contributed by atoms with Gasteiger partial charge in [-0.1, -0.05) is 12.8 Å². The van der Waals surface area contributed by atoms with Crippen molar-refractivity contribution < 1.29 is 0 Å². The van der Waals surface area contributed by atoms with E-state index in [9.17, 15) is 0 Å². The van der Waals surface area contributed by atoms with E-state index >= 15 is 0 Å². The van der Waals surface area contributed by atoms with Crippen LogP contribution in [0.25, 0.3) is 0 Å². The summed E-state index contributed by atoms with van der Waals surface area (Å²) in [5, 5.41) is 3.68. The average Bonchev–Trinajstić information content (AvgIpc) is 2.95. The second kappa shape index (κ2) is 7.14. The van der Waals surface area contributed by atoms with E-state index in [1.807, 2.05) is 11.3 Å². The van der Waals surface area contributed by atoms with Crippen molar-refractivity contribution in [3.05, 3.63) is 20.3 Å². The topological polar surface area (TPSA) is 12.0 Å². The van der Waals surface area contributed by atoms with Crippen LogP contribution in [-0.2, 0) is 6.42 Å². The second-order valence-corrected chi connectivity index (χ2v) is 10.3. The van der Waals surface area contributed by atoms with Crippen molar-refractivity contribution >= 4 is 27.3 Å². The maximum absolute atomic E-state index is 3.68. The summed E-state index contributed by atoms with van der Waals surface area (Å²) in [5.41, 5.74) is 2.24. The van der Waals surface area contributed by atoms with Crippen LogP contribution >= 0.6 is 27.3 Å². The summed E-state index contributed by atoms with van der Waals surface area (Å²) < 4.78 is 1.31. The predicted molar refractivity (Wildman–Crippen MR) is 98.4 cm³/mol. The maximum atomic E-state index is 3.68. The highest BCUT2D eigenvalue weighted by molar-refractivity contribution is 9.11. The molecule has 0 spiro atoms. The van der Waals surface area contributed by atoms with E-state index in [-0.39, 0.29) is 5.54 Å². The van der Waals surface area contributed by atoms with Crippen molar-refractivity contribution in [1.29, 1.82) is 0 Å². The maximum Gasteiger partial charge on any atom is 0.0730 e. The van der Waals surface area contributed by atoms with Crippen LogP contribution in [0.5, 0.6) is 0 Å². The first-order valence-electron chi connectivity index (χ1n) is 8.30. The molecule has 120 valence electrons. The van der Waals surface area contributed by atoms with Crippen molar-refractivity contribution in [1.82, 2.24) is 5.32 Å².